The predicted molar refractivity (Wildman–Crippen MR) is 101 cm³/mol. The van der Waals surface area contributed by atoms with Crippen LogP contribution in [0.2, 0.25) is 0 Å². The summed E-state index contributed by atoms with van der Waals surface area (Å²) in [5, 5.41) is 13.2. The van der Waals surface area contributed by atoms with Crippen molar-refractivity contribution in [2.45, 2.75) is 20.4 Å². The Kier molecular flexibility index (Phi) is 4.37. The molecule has 9 nitrogen and oxygen atoms in total. The number of amidine groups is 1. The Morgan fingerprint density at radius 3 is 2.85 bits per heavy atom. The van der Waals surface area contributed by atoms with E-state index in [-0.39, 0.29) is 11.5 Å². The van der Waals surface area contributed by atoms with Gasteiger partial charge >= 0.3 is 5.97 Å². The van der Waals surface area contributed by atoms with E-state index >= 15 is 0 Å². The molecule has 0 atom stereocenters. The smallest absolute Gasteiger partial charge is 0.352 e. The molecule has 3 aromatic rings. The van der Waals surface area contributed by atoms with E-state index in [9.17, 15) is 9.90 Å². The summed E-state index contributed by atoms with van der Waals surface area (Å²) < 4.78 is 3.48. The molecule has 0 saturated heterocycles. The van der Waals surface area contributed by atoms with Crippen molar-refractivity contribution in [1.29, 1.82) is 0 Å². The van der Waals surface area contributed by atoms with E-state index in [2.05, 4.69) is 20.3 Å². The maximum atomic E-state index is 11.6. The van der Waals surface area contributed by atoms with Gasteiger partial charge in [-0.15, -0.1) is 0 Å². The molecule has 0 spiro atoms. The lowest BCUT2D eigenvalue weighted by Gasteiger charge is -2.06. The highest BCUT2D eigenvalue weighted by molar-refractivity contribution is 6.09. The number of imidazole rings is 1. The second kappa shape index (κ2) is 6.51. The number of nitrogens with two attached hydrogens (primary N) is 1. The molecular weight excluding hydrogens is 334 g/mol. The number of allylic oxidation sites excluding steroid dienone is 1. The van der Waals surface area contributed by atoms with Crippen molar-refractivity contribution in [3.8, 4) is 0 Å². The molecule has 3 aromatic heterocycles. The third-order valence-electron chi connectivity index (χ3n) is 4.21. The SMILES string of the molecule is CCn1c(C(=O)O)cc2c3c(ncn3C)c(/N=C(N)\C=C(\C)NC)nc21. The van der Waals surface area contributed by atoms with Crippen LogP contribution < -0.4 is 11.1 Å². The molecule has 0 fully saturated rings. The minimum absolute atomic E-state index is 0.178. The number of aryl methyl sites for hydroxylation is 2. The summed E-state index contributed by atoms with van der Waals surface area (Å²) in [6.45, 7) is 4.22. The van der Waals surface area contributed by atoms with Crippen molar-refractivity contribution in [3.63, 3.8) is 0 Å². The molecular formula is C17H21N7O2. The Bertz CT molecular complexity index is 1070. The predicted octanol–water partition coefficient (Wildman–Crippen LogP) is 1.75. The Morgan fingerprint density at radius 2 is 2.23 bits per heavy atom. The molecule has 0 amide bonds. The van der Waals surface area contributed by atoms with Crippen LogP contribution in [0.25, 0.3) is 22.1 Å². The summed E-state index contributed by atoms with van der Waals surface area (Å²) in [7, 11) is 3.64. The van der Waals surface area contributed by atoms with Gasteiger partial charge in [-0.3, -0.25) is 0 Å². The number of nitrogens with one attached hydrogen (secondary N) is 1. The molecule has 0 saturated carbocycles. The first-order valence-electron chi connectivity index (χ1n) is 8.15. The molecule has 4 N–H and O–H groups in total. The monoisotopic (exact) mass is 355 g/mol. The number of aliphatic imine (C=N–C) groups is 1. The second-order valence-electron chi connectivity index (χ2n) is 5.92. The normalized spacial score (nSPS) is 12.9. The number of hydrogen-bond acceptors (Lipinski definition) is 5. The summed E-state index contributed by atoms with van der Waals surface area (Å²) >= 11 is 0. The third-order valence-corrected chi connectivity index (χ3v) is 4.21. The number of carboxylic acids is 1. The number of fused-ring (bicyclic) bond motifs is 3. The zero-order valence-electron chi connectivity index (χ0n) is 15.1. The van der Waals surface area contributed by atoms with Gasteiger partial charge in [0.1, 0.15) is 22.7 Å². The summed E-state index contributed by atoms with van der Waals surface area (Å²) in [4.78, 5) is 24.9. The number of rotatable bonds is 5. The number of aromatic nitrogens is 4. The quantitative estimate of drug-likeness (QED) is 0.473. The van der Waals surface area contributed by atoms with Crippen molar-refractivity contribution >= 4 is 39.7 Å². The Morgan fingerprint density at radius 1 is 1.50 bits per heavy atom. The summed E-state index contributed by atoms with van der Waals surface area (Å²) in [6.07, 6.45) is 3.35. The molecule has 0 aliphatic carbocycles. The first-order chi connectivity index (χ1) is 12.4. The van der Waals surface area contributed by atoms with Gasteiger partial charge in [-0.2, -0.15) is 0 Å². The van der Waals surface area contributed by atoms with Gasteiger partial charge in [0.15, 0.2) is 5.82 Å². The number of hydrogen-bond donors (Lipinski definition) is 3. The highest BCUT2D eigenvalue weighted by Crippen LogP contribution is 2.32. The fourth-order valence-corrected chi connectivity index (χ4v) is 2.92. The molecule has 3 heterocycles. The fraction of sp³-hybridized carbons (Fsp3) is 0.294. The van der Waals surface area contributed by atoms with E-state index in [0.29, 0.717) is 23.5 Å². The minimum Gasteiger partial charge on any atom is -0.477 e. The van der Waals surface area contributed by atoms with Gasteiger partial charge in [0, 0.05) is 31.7 Å². The lowest BCUT2D eigenvalue weighted by molar-refractivity contribution is 0.0686. The Balaban J connectivity index is 2.36. The van der Waals surface area contributed by atoms with Crippen molar-refractivity contribution in [2.24, 2.45) is 17.8 Å². The van der Waals surface area contributed by atoms with Crippen LogP contribution in [0.1, 0.15) is 24.3 Å². The van der Waals surface area contributed by atoms with Crippen LogP contribution in [0.4, 0.5) is 5.82 Å². The van der Waals surface area contributed by atoms with Crippen LogP contribution in [-0.4, -0.2) is 43.1 Å². The van der Waals surface area contributed by atoms with Crippen LogP contribution in [0.5, 0.6) is 0 Å². The summed E-state index contributed by atoms with van der Waals surface area (Å²) in [5.41, 5.74) is 8.93. The highest BCUT2D eigenvalue weighted by atomic mass is 16.4. The number of nitrogens with zero attached hydrogens (tertiary/aromatic N) is 5. The number of carbonyl (C=O) groups is 1. The molecule has 0 unspecified atom stereocenters. The standard InChI is InChI=1S/C17H21N7O2/c1-5-24-11(17(25)26)7-10-14-13(20-8-23(14)4)15(22-16(10)24)21-12(18)6-9(2)19-3/h6-8,19H,5H2,1-4H3,(H,25,26)(H2,18,21,22)/b9-6-. The van der Waals surface area contributed by atoms with Gasteiger partial charge in [0.2, 0.25) is 0 Å². The van der Waals surface area contributed by atoms with E-state index < -0.39 is 5.97 Å². The van der Waals surface area contributed by atoms with Crippen molar-refractivity contribution in [2.75, 3.05) is 7.05 Å². The van der Waals surface area contributed by atoms with Crippen molar-refractivity contribution in [3.05, 3.63) is 29.9 Å². The first-order valence-corrected chi connectivity index (χ1v) is 8.15. The average molecular weight is 355 g/mol. The number of carboxylic acid groups (broad SMARTS) is 1. The molecule has 0 aliphatic rings. The van der Waals surface area contributed by atoms with E-state index in [0.717, 1.165) is 16.6 Å². The number of pyridine rings is 1. The zero-order valence-corrected chi connectivity index (χ0v) is 15.1. The molecule has 0 aliphatic heterocycles. The molecule has 0 radical (unpaired) electrons. The molecule has 9 heteroatoms. The largest absolute Gasteiger partial charge is 0.477 e. The topological polar surface area (TPSA) is 123 Å². The van der Waals surface area contributed by atoms with Crippen LogP contribution in [0, 0.1) is 0 Å². The van der Waals surface area contributed by atoms with E-state index in [1.807, 2.05) is 25.5 Å². The van der Waals surface area contributed by atoms with Crippen LogP contribution in [-0.2, 0) is 13.6 Å². The van der Waals surface area contributed by atoms with E-state index in [4.69, 9.17) is 5.73 Å². The minimum atomic E-state index is -1.00. The van der Waals surface area contributed by atoms with Gasteiger partial charge in [0.05, 0.1) is 11.8 Å². The van der Waals surface area contributed by atoms with Gasteiger partial charge < -0.3 is 25.3 Å². The van der Waals surface area contributed by atoms with Crippen molar-refractivity contribution in [1.82, 2.24) is 24.4 Å². The number of aromatic carboxylic acids is 1. The maximum Gasteiger partial charge on any atom is 0.352 e. The van der Waals surface area contributed by atoms with Crippen LogP contribution in [0.3, 0.4) is 0 Å². The summed E-state index contributed by atoms with van der Waals surface area (Å²) in [5.74, 6) is -0.364. The molecule has 26 heavy (non-hydrogen) atoms. The van der Waals surface area contributed by atoms with Gasteiger partial charge in [-0.25, -0.2) is 19.8 Å². The van der Waals surface area contributed by atoms with E-state index in [1.165, 1.54) is 0 Å². The fourth-order valence-electron chi connectivity index (χ4n) is 2.92. The first kappa shape index (κ1) is 17.5. The highest BCUT2D eigenvalue weighted by Gasteiger charge is 2.20. The maximum absolute atomic E-state index is 11.6. The molecule has 136 valence electrons. The molecule has 0 bridgehead atoms. The lowest BCUT2D eigenvalue weighted by atomic mass is 10.2. The molecule has 3 rings (SSSR count). The lowest BCUT2D eigenvalue weighted by Crippen LogP contribution is -2.12. The third kappa shape index (κ3) is 2.77. The van der Waals surface area contributed by atoms with Crippen LogP contribution in [0.15, 0.2) is 29.2 Å². The van der Waals surface area contributed by atoms with Gasteiger partial charge in [-0.1, -0.05) is 0 Å². The van der Waals surface area contributed by atoms with Gasteiger partial charge in [0.25, 0.3) is 0 Å². The Hall–Kier alpha value is -3.36. The zero-order chi connectivity index (χ0) is 19.0. The average Bonchev–Trinajstić information content (AvgIpc) is 3.15. The molecule has 0 aromatic carbocycles. The Labute approximate surface area is 149 Å². The second-order valence-corrected chi connectivity index (χ2v) is 5.92. The van der Waals surface area contributed by atoms with Crippen LogP contribution >= 0.6 is 0 Å². The summed E-state index contributed by atoms with van der Waals surface area (Å²) in [6, 6.07) is 1.63. The van der Waals surface area contributed by atoms with Crippen molar-refractivity contribution < 1.29 is 9.90 Å². The van der Waals surface area contributed by atoms with E-state index in [1.54, 1.807) is 30.1 Å². The van der Waals surface area contributed by atoms with Gasteiger partial charge in [-0.05, 0) is 26.0 Å².